The standard InChI is InChI=1S/C20H31N3O4/c1-22(2)13-15-7-9-16(10-8-15)19(25)23-12-4-5-17(14-23)18(24)6-3-11-21-20(26)27/h7-10,17-18,21,24H,3-6,11-14H2,1-2H3,(H,26,27). The lowest BCUT2D eigenvalue weighted by molar-refractivity contribution is 0.0368. The van der Waals surface area contributed by atoms with Gasteiger partial charge in [-0.05, 0) is 57.5 Å². The molecule has 7 nitrogen and oxygen atoms in total. The van der Waals surface area contributed by atoms with Gasteiger partial charge >= 0.3 is 6.09 Å². The number of hydrogen-bond donors (Lipinski definition) is 3. The Labute approximate surface area is 161 Å². The van der Waals surface area contributed by atoms with Gasteiger partial charge in [0.25, 0.3) is 5.91 Å². The van der Waals surface area contributed by atoms with Gasteiger partial charge in [0.1, 0.15) is 0 Å². The number of carbonyl (C=O) groups is 2. The molecule has 0 radical (unpaired) electrons. The number of carbonyl (C=O) groups excluding carboxylic acids is 1. The molecule has 1 aromatic rings. The zero-order valence-electron chi connectivity index (χ0n) is 16.2. The van der Waals surface area contributed by atoms with Gasteiger partial charge in [0, 0.05) is 37.7 Å². The zero-order chi connectivity index (χ0) is 19.8. The van der Waals surface area contributed by atoms with Gasteiger partial charge in [-0.15, -0.1) is 0 Å². The molecule has 2 unspecified atom stereocenters. The molecule has 1 heterocycles. The highest BCUT2D eigenvalue weighted by Gasteiger charge is 2.28. The van der Waals surface area contributed by atoms with Gasteiger partial charge in [0.2, 0.25) is 0 Å². The lowest BCUT2D eigenvalue weighted by Crippen LogP contribution is -2.43. The van der Waals surface area contributed by atoms with E-state index in [-0.39, 0.29) is 11.8 Å². The molecule has 7 heteroatoms. The summed E-state index contributed by atoms with van der Waals surface area (Å²) in [5.41, 5.74) is 1.84. The Morgan fingerprint density at radius 1 is 1.30 bits per heavy atom. The first kappa shape index (κ1) is 21.2. The molecule has 0 aliphatic carbocycles. The van der Waals surface area contributed by atoms with E-state index in [0.29, 0.717) is 38.0 Å². The third kappa shape index (κ3) is 6.84. The first-order valence-electron chi connectivity index (χ1n) is 9.54. The van der Waals surface area contributed by atoms with Crippen LogP contribution in [0.15, 0.2) is 24.3 Å². The van der Waals surface area contributed by atoms with E-state index < -0.39 is 12.2 Å². The molecule has 1 saturated heterocycles. The number of carboxylic acid groups (broad SMARTS) is 1. The van der Waals surface area contributed by atoms with E-state index in [0.717, 1.165) is 19.4 Å². The molecule has 0 saturated carbocycles. The molecule has 2 atom stereocenters. The summed E-state index contributed by atoms with van der Waals surface area (Å²) in [5, 5.41) is 21.3. The monoisotopic (exact) mass is 377 g/mol. The minimum absolute atomic E-state index is 0.0100. The fraction of sp³-hybridized carbons (Fsp3) is 0.600. The predicted molar refractivity (Wildman–Crippen MR) is 104 cm³/mol. The molecule has 2 amide bonds. The van der Waals surface area contributed by atoms with E-state index in [1.54, 1.807) is 0 Å². The van der Waals surface area contributed by atoms with Crippen LogP contribution >= 0.6 is 0 Å². The van der Waals surface area contributed by atoms with E-state index in [1.807, 2.05) is 43.3 Å². The maximum Gasteiger partial charge on any atom is 0.404 e. The van der Waals surface area contributed by atoms with E-state index in [4.69, 9.17) is 5.11 Å². The number of aliphatic hydroxyl groups is 1. The van der Waals surface area contributed by atoms with E-state index in [9.17, 15) is 14.7 Å². The number of hydrogen-bond acceptors (Lipinski definition) is 4. The molecule has 1 aliphatic rings. The third-order valence-electron chi connectivity index (χ3n) is 4.94. The smallest absolute Gasteiger partial charge is 0.404 e. The van der Waals surface area contributed by atoms with E-state index in [1.165, 1.54) is 5.56 Å². The van der Waals surface area contributed by atoms with E-state index >= 15 is 0 Å². The van der Waals surface area contributed by atoms with Crippen molar-refractivity contribution in [2.24, 2.45) is 5.92 Å². The van der Waals surface area contributed by atoms with Gasteiger partial charge < -0.3 is 25.3 Å². The average Bonchev–Trinajstić information content (AvgIpc) is 2.64. The molecule has 150 valence electrons. The van der Waals surface area contributed by atoms with Crippen molar-refractivity contribution in [1.29, 1.82) is 0 Å². The van der Waals surface area contributed by atoms with E-state index in [2.05, 4.69) is 10.2 Å². The van der Waals surface area contributed by atoms with Crippen LogP contribution < -0.4 is 5.32 Å². The Bertz CT molecular complexity index is 618. The maximum atomic E-state index is 12.8. The Morgan fingerprint density at radius 3 is 2.63 bits per heavy atom. The summed E-state index contributed by atoms with van der Waals surface area (Å²) in [6.07, 6.45) is 1.32. The lowest BCUT2D eigenvalue weighted by Gasteiger charge is -2.35. The Morgan fingerprint density at radius 2 is 2.00 bits per heavy atom. The normalized spacial score (nSPS) is 18.4. The summed E-state index contributed by atoms with van der Waals surface area (Å²) in [5.74, 6) is 0.0522. The summed E-state index contributed by atoms with van der Waals surface area (Å²) in [4.78, 5) is 27.2. The fourth-order valence-electron chi connectivity index (χ4n) is 3.55. The second kappa shape index (κ2) is 10.3. The van der Waals surface area contributed by atoms with Gasteiger partial charge in [-0.1, -0.05) is 12.1 Å². The molecule has 0 aromatic heterocycles. The van der Waals surface area contributed by atoms with Crippen molar-refractivity contribution in [2.75, 3.05) is 33.7 Å². The number of nitrogens with one attached hydrogen (secondary N) is 1. The molecule has 27 heavy (non-hydrogen) atoms. The number of piperidine rings is 1. The first-order chi connectivity index (χ1) is 12.9. The van der Waals surface area contributed by atoms with Crippen molar-refractivity contribution < 1.29 is 19.8 Å². The Hall–Kier alpha value is -2.12. The first-order valence-corrected chi connectivity index (χ1v) is 9.54. The molecule has 0 bridgehead atoms. The minimum atomic E-state index is -1.05. The highest BCUT2D eigenvalue weighted by Crippen LogP contribution is 2.23. The number of rotatable bonds is 8. The topological polar surface area (TPSA) is 93.1 Å². The summed E-state index contributed by atoms with van der Waals surface area (Å²) < 4.78 is 0. The second-order valence-electron chi connectivity index (χ2n) is 7.53. The molecule has 0 spiro atoms. The van der Waals surface area contributed by atoms with Crippen LogP contribution in [0.25, 0.3) is 0 Å². The second-order valence-corrected chi connectivity index (χ2v) is 7.53. The highest BCUT2D eigenvalue weighted by molar-refractivity contribution is 5.94. The molecular formula is C20H31N3O4. The molecular weight excluding hydrogens is 346 g/mol. The SMILES string of the molecule is CN(C)Cc1ccc(C(=O)N2CCCC(C(O)CCCNC(=O)O)C2)cc1. The van der Waals surface area contributed by atoms with Gasteiger partial charge in [0.15, 0.2) is 0 Å². The van der Waals surface area contributed by atoms with Crippen molar-refractivity contribution >= 4 is 12.0 Å². The van der Waals surface area contributed by atoms with Gasteiger partial charge in [0.05, 0.1) is 6.10 Å². The quantitative estimate of drug-likeness (QED) is 0.603. The number of benzene rings is 1. The van der Waals surface area contributed by atoms with Crippen LogP contribution in [0.2, 0.25) is 0 Å². The van der Waals surface area contributed by atoms with Crippen molar-refractivity contribution in [1.82, 2.24) is 15.1 Å². The molecule has 1 fully saturated rings. The lowest BCUT2D eigenvalue weighted by atomic mass is 9.89. The summed E-state index contributed by atoms with van der Waals surface area (Å²) in [6, 6.07) is 7.72. The van der Waals surface area contributed by atoms with Crippen LogP contribution in [-0.4, -0.2) is 71.8 Å². The van der Waals surface area contributed by atoms with Crippen LogP contribution in [0.3, 0.4) is 0 Å². The minimum Gasteiger partial charge on any atom is -0.465 e. The molecule has 3 N–H and O–H groups in total. The van der Waals surface area contributed by atoms with Crippen LogP contribution in [0, 0.1) is 5.92 Å². The summed E-state index contributed by atoms with van der Waals surface area (Å²) in [6.45, 7) is 2.43. The van der Waals surface area contributed by atoms with Crippen molar-refractivity contribution in [3.05, 3.63) is 35.4 Å². The van der Waals surface area contributed by atoms with Gasteiger partial charge in [-0.2, -0.15) is 0 Å². The van der Waals surface area contributed by atoms with Crippen LogP contribution in [0.1, 0.15) is 41.6 Å². The van der Waals surface area contributed by atoms with Crippen LogP contribution in [0.5, 0.6) is 0 Å². The van der Waals surface area contributed by atoms with Crippen LogP contribution in [0.4, 0.5) is 4.79 Å². The zero-order valence-corrected chi connectivity index (χ0v) is 16.2. The maximum absolute atomic E-state index is 12.8. The van der Waals surface area contributed by atoms with Crippen molar-refractivity contribution in [3.63, 3.8) is 0 Å². The van der Waals surface area contributed by atoms with Gasteiger partial charge in [-0.25, -0.2) is 4.79 Å². The number of aliphatic hydroxyl groups excluding tert-OH is 1. The Kier molecular flexibility index (Phi) is 8.06. The average molecular weight is 377 g/mol. The third-order valence-corrected chi connectivity index (χ3v) is 4.94. The number of amides is 2. The summed E-state index contributed by atoms with van der Waals surface area (Å²) >= 11 is 0. The fourth-order valence-corrected chi connectivity index (χ4v) is 3.55. The largest absolute Gasteiger partial charge is 0.465 e. The van der Waals surface area contributed by atoms with Crippen LogP contribution in [-0.2, 0) is 6.54 Å². The van der Waals surface area contributed by atoms with Crippen molar-refractivity contribution in [2.45, 2.75) is 38.3 Å². The van der Waals surface area contributed by atoms with Gasteiger partial charge in [-0.3, -0.25) is 4.79 Å². The number of nitrogens with zero attached hydrogens (tertiary/aromatic N) is 2. The molecule has 1 aliphatic heterocycles. The molecule has 1 aromatic carbocycles. The predicted octanol–water partition coefficient (Wildman–Crippen LogP) is 2.01. The Balaban J connectivity index is 1.87. The number of likely N-dealkylation sites (tertiary alicyclic amines) is 1. The van der Waals surface area contributed by atoms with Crippen molar-refractivity contribution in [3.8, 4) is 0 Å². The summed E-state index contributed by atoms with van der Waals surface area (Å²) in [7, 11) is 4.02. The highest BCUT2D eigenvalue weighted by atomic mass is 16.4. The molecule has 2 rings (SSSR count).